The summed E-state index contributed by atoms with van der Waals surface area (Å²) in [5.74, 6) is -0.448. The highest BCUT2D eigenvalue weighted by Crippen LogP contribution is 2.51. The maximum absolute atomic E-state index is 11.4. The van der Waals surface area contributed by atoms with Crippen LogP contribution in [0.4, 0.5) is 0 Å². The molecule has 1 fully saturated rings. The molecule has 2 unspecified atom stereocenters. The average molecular weight is 588 g/mol. The van der Waals surface area contributed by atoms with Gasteiger partial charge in [0.05, 0.1) is 5.52 Å². The van der Waals surface area contributed by atoms with E-state index in [1.54, 1.807) is 6.08 Å². The van der Waals surface area contributed by atoms with Gasteiger partial charge in [0.2, 0.25) is 5.88 Å². The van der Waals surface area contributed by atoms with Crippen molar-refractivity contribution in [3.8, 4) is 5.88 Å². The number of halogens is 2. The van der Waals surface area contributed by atoms with E-state index in [-0.39, 0.29) is 5.88 Å². The molecule has 5 rings (SSSR count). The number of pyridine rings is 1. The Bertz CT molecular complexity index is 1570. The smallest absolute Gasteiger partial charge is 0.215 e. The van der Waals surface area contributed by atoms with Crippen LogP contribution in [0.3, 0.4) is 0 Å². The Morgan fingerprint density at radius 1 is 1.24 bits per heavy atom. The lowest BCUT2D eigenvalue weighted by atomic mass is 9.68. The molecule has 2 aromatic carbocycles. The lowest BCUT2D eigenvalue weighted by molar-refractivity contribution is -0.116. The van der Waals surface area contributed by atoms with Crippen molar-refractivity contribution in [2.24, 2.45) is 0 Å². The fourth-order valence-electron chi connectivity index (χ4n) is 5.35. The summed E-state index contributed by atoms with van der Waals surface area (Å²) in [6.45, 7) is 7.18. The summed E-state index contributed by atoms with van der Waals surface area (Å²) in [6, 6.07) is 15.6. The molecular formula is C32H28BrClN2O2. The quantitative estimate of drug-likeness (QED) is 0.309. The van der Waals surface area contributed by atoms with Crippen LogP contribution < -0.4 is 0 Å². The molecule has 1 aromatic heterocycles. The minimum Gasteiger partial charge on any atom is -0.493 e. The second-order valence-electron chi connectivity index (χ2n) is 9.56. The Labute approximate surface area is 236 Å². The standard InChI is InChI=1S/C32H28BrClN2O2/c1-4-7-26-21(5-2)8-6-9-28(26)32(16-17-36(3)20-38-32)30(22-10-13-25(34)14-11-22)27-19-23-18-24(33)12-15-29(23)35-31(27)37/h4-5,7-8,10-15,18-19,30H,1,16-17,20H2,2-3H3,(H,35,37)/b21-5-,26-7+. The van der Waals surface area contributed by atoms with Gasteiger partial charge in [-0.1, -0.05) is 75.9 Å². The highest BCUT2D eigenvalue weighted by atomic mass is 79.9. The Hall–Kier alpha value is -3.14. The summed E-state index contributed by atoms with van der Waals surface area (Å²) in [5.41, 5.74) is 10.9. The van der Waals surface area contributed by atoms with Gasteiger partial charge in [0.15, 0.2) is 0 Å². The average Bonchev–Trinajstić information content (AvgIpc) is 2.92. The Morgan fingerprint density at radius 2 is 2.03 bits per heavy atom. The lowest BCUT2D eigenvalue weighted by Gasteiger charge is -2.47. The molecule has 38 heavy (non-hydrogen) atoms. The number of hydrogen-bond donors (Lipinski definition) is 1. The minimum absolute atomic E-state index is 0.0295. The van der Waals surface area contributed by atoms with Crippen molar-refractivity contribution in [1.82, 2.24) is 9.88 Å². The van der Waals surface area contributed by atoms with Crippen molar-refractivity contribution in [2.75, 3.05) is 20.3 Å². The highest BCUT2D eigenvalue weighted by Gasteiger charge is 2.49. The van der Waals surface area contributed by atoms with Gasteiger partial charge < -0.3 is 9.84 Å². The maximum atomic E-state index is 11.4. The van der Waals surface area contributed by atoms with Crippen molar-refractivity contribution in [2.45, 2.75) is 24.9 Å². The number of aromatic hydroxyl groups is 1. The topological polar surface area (TPSA) is 45.6 Å². The molecule has 0 radical (unpaired) electrons. The number of rotatable bonds is 5. The normalized spacial score (nSPS) is 22.7. The summed E-state index contributed by atoms with van der Waals surface area (Å²) < 4.78 is 7.81. The first-order valence-electron chi connectivity index (χ1n) is 12.5. The zero-order chi connectivity index (χ0) is 26.9. The van der Waals surface area contributed by atoms with E-state index in [1.165, 1.54) is 0 Å². The summed E-state index contributed by atoms with van der Waals surface area (Å²) in [6.07, 6.45) is 8.41. The van der Waals surface area contributed by atoms with Crippen molar-refractivity contribution in [3.63, 3.8) is 0 Å². The Morgan fingerprint density at radius 3 is 2.71 bits per heavy atom. The summed E-state index contributed by atoms with van der Waals surface area (Å²) in [5, 5.41) is 13.0. The van der Waals surface area contributed by atoms with Crippen LogP contribution >= 0.6 is 27.5 Å². The fourth-order valence-corrected chi connectivity index (χ4v) is 5.86. The Kier molecular flexibility index (Phi) is 7.61. The van der Waals surface area contributed by atoms with Crippen molar-refractivity contribution >= 4 is 38.4 Å². The molecule has 0 amide bonds. The van der Waals surface area contributed by atoms with Crippen LogP contribution in [0.15, 0.2) is 112 Å². The van der Waals surface area contributed by atoms with Crippen molar-refractivity contribution in [3.05, 3.63) is 128 Å². The molecule has 1 aliphatic carbocycles. The van der Waals surface area contributed by atoms with Crippen molar-refractivity contribution < 1.29 is 9.84 Å². The van der Waals surface area contributed by atoms with E-state index in [1.807, 2.05) is 74.7 Å². The first-order valence-corrected chi connectivity index (χ1v) is 13.6. The molecule has 2 aliphatic rings. The number of fused-ring (bicyclic) bond motifs is 1. The number of ether oxygens (including phenoxy) is 1. The van der Waals surface area contributed by atoms with E-state index in [2.05, 4.69) is 49.9 Å². The zero-order valence-corrected chi connectivity index (χ0v) is 23.7. The first-order chi connectivity index (χ1) is 18.4. The van der Waals surface area contributed by atoms with Gasteiger partial charge in [-0.2, -0.15) is 0 Å². The van der Waals surface area contributed by atoms with E-state index in [0.29, 0.717) is 29.3 Å². The summed E-state index contributed by atoms with van der Waals surface area (Å²) in [4.78, 5) is 6.74. The van der Waals surface area contributed by atoms with E-state index in [9.17, 15) is 5.11 Å². The van der Waals surface area contributed by atoms with Crippen LogP contribution in [0.2, 0.25) is 5.02 Å². The predicted molar refractivity (Wildman–Crippen MR) is 157 cm³/mol. The van der Waals surface area contributed by atoms with Gasteiger partial charge in [-0.15, -0.1) is 0 Å². The molecule has 0 saturated carbocycles. The second kappa shape index (κ2) is 10.9. The molecule has 0 bridgehead atoms. The van der Waals surface area contributed by atoms with Crippen LogP contribution in [-0.4, -0.2) is 40.9 Å². The van der Waals surface area contributed by atoms with Gasteiger partial charge in [0, 0.05) is 38.5 Å². The third kappa shape index (κ3) is 4.86. The van der Waals surface area contributed by atoms with E-state index >= 15 is 0 Å². The molecule has 0 spiro atoms. The van der Waals surface area contributed by atoms with Gasteiger partial charge in [-0.25, -0.2) is 4.98 Å². The second-order valence-corrected chi connectivity index (χ2v) is 10.9. The SMILES string of the molecule is C=C/C=C1/C(C2(C(c3ccc(Cl)cc3)c3cc4cc(Br)ccc4nc3O)CCN(C)CO2)=C=C=C/C1=C/C. The first kappa shape index (κ1) is 26.5. The molecule has 3 aromatic rings. The molecule has 6 heteroatoms. The van der Waals surface area contributed by atoms with E-state index in [0.717, 1.165) is 38.7 Å². The van der Waals surface area contributed by atoms with Crippen LogP contribution in [0, 0.1) is 0 Å². The number of allylic oxidation sites excluding steroid dienone is 5. The van der Waals surface area contributed by atoms with Gasteiger partial charge in [0.25, 0.3) is 0 Å². The maximum Gasteiger partial charge on any atom is 0.215 e. The lowest BCUT2D eigenvalue weighted by Crippen LogP contribution is -2.51. The highest BCUT2D eigenvalue weighted by molar-refractivity contribution is 9.10. The van der Waals surface area contributed by atoms with Gasteiger partial charge >= 0.3 is 0 Å². The number of hydrogen-bond acceptors (Lipinski definition) is 4. The fraction of sp³-hybridized carbons (Fsp3) is 0.219. The number of nitrogens with zero attached hydrogens (tertiary/aromatic N) is 2. The Balaban J connectivity index is 1.84. The monoisotopic (exact) mass is 586 g/mol. The molecule has 1 aliphatic heterocycles. The van der Waals surface area contributed by atoms with Crippen molar-refractivity contribution in [1.29, 1.82) is 0 Å². The van der Waals surface area contributed by atoms with Gasteiger partial charge in [0.1, 0.15) is 12.3 Å². The molecule has 192 valence electrons. The van der Waals surface area contributed by atoms with Crippen LogP contribution in [-0.2, 0) is 4.74 Å². The van der Waals surface area contributed by atoms with Crippen LogP contribution in [0.1, 0.15) is 30.4 Å². The van der Waals surface area contributed by atoms with E-state index < -0.39 is 11.5 Å². The zero-order valence-electron chi connectivity index (χ0n) is 21.3. The minimum atomic E-state index is -0.885. The summed E-state index contributed by atoms with van der Waals surface area (Å²) >= 11 is 9.89. The van der Waals surface area contributed by atoms with Crippen LogP contribution in [0.25, 0.3) is 10.9 Å². The molecule has 2 heterocycles. The third-order valence-corrected chi connectivity index (χ3v) is 7.94. The molecule has 1 saturated heterocycles. The van der Waals surface area contributed by atoms with E-state index in [4.69, 9.17) is 16.3 Å². The molecule has 2 atom stereocenters. The third-order valence-electron chi connectivity index (χ3n) is 7.20. The predicted octanol–water partition coefficient (Wildman–Crippen LogP) is 7.85. The van der Waals surface area contributed by atoms with Crippen LogP contribution in [0.5, 0.6) is 5.88 Å². The molecule has 1 N–H and O–H groups in total. The summed E-state index contributed by atoms with van der Waals surface area (Å²) in [7, 11) is 2.04. The largest absolute Gasteiger partial charge is 0.493 e. The van der Waals surface area contributed by atoms with Gasteiger partial charge in [-0.3, -0.25) is 4.90 Å². The van der Waals surface area contributed by atoms with Gasteiger partial charge in [-0.05, 0) is 79.6 Å². The number of aromatic nitrogens is 1. The molecule has 4 nitrogen and oxygen atoms in total. The number of benzene rings is 2. The molecular weight excluding hydrogens is 560 g/mol.